The summed E-state index contributed by atoms with van der Waals surface area (Å²) in [5.74, 6) is -1.49. The van der Waals surface area contributed by atoms with Gasteiger partial charge in [-0.3, -0.25) is 14.4 Å². The van der Waals surface area contributed by atoms with Crippen LogP contribution in [0, 0.1) is 5.82 Å². The molecule has 1 saturated heterocycles. The van der Waals surface area contributed by atoms with Crippen molar-refractivity contribution in [3.63, 3.8) is 0 Å². The van der Waals surface area contributed by atoms with Crippen molar-refractivity contribution in [3.8, 4) is 0 Å². The Morgan fingerprint density at radius 3 is 2.17 bits per heavy atom. The normalized spacial score (nSPS) is 16.6. The summed E-state index contributed by atoms with van der Waals surface area (Å²) >= 11 is 0. The number of rotatable bonds is 14. The Hall–Kier alpha value is -3.72. The van der Waals surface area contributed by atoms with Gasteiger partial charge in [-0.2, -0.15) is 0 Å². The van der Waals surface area contributed by atoms with Gasteiger partial charge in [0.05, 0.1) is 11.6 Å². The molecule has 2 aliphatic rings. The number of aliphatic carboxylic acids is 1. The Balaban J connectivity index is 1.19. The van der Waals surface area contributed by atoms with E-state index in [1.165, 1.54) is 6.07 Å². The van der Waals surface area contributed by atoms with Gasteiger partial charge in [-0.25, -0.2) is 9.82 Å². The molecule has 0 bridgehead atoms. The van der Waals surface area contributed by atoms with Gasteiger partial charge >= 0.3 is 5.97 Å². The first-order valence-electron chi connectivity index (χ1n) is 15.2. The van der Waals surface area contributed by atoms with E-state index >= 15 is 0 Å². The summed E-state index contributed by atoms with van der Waals surface area (Å²) in [6.45, 7) is 5.74. The SMILES string of the molecule is C=C1NNC(Cc2ccc(F)c(C(=O)N3CCN(C(=O)CCCCCCCCCCC(=O)O)CC3)c2)c2ccccc21. The highest BCUT2D eigenvalue weighted by Gasteiger charge is 2.27. The van der Waals surface area contributed by atoms with E-state index in [4.69, 9.17) is 5.11 Å². The molecular weight excluding hydrogens is 535 g/mol. The lowest BCUT2D eigenvalue weighted by Gasteiger charge is -2.35. The molecule has 8 nitrogen and oxygen atoms in total. The number of carbonyl (C=O) groups excluding carboxylic acids is 2. The average molecular weight is 579 g/mol. The van der Waals surface area contributed by atoms with Gasteiger partial charge in [0, 0.05) is 50.3 Å². The molecule has 42 heavy (non-hydrogen) atoms. The predicted octanol–water partition coefficient (Wildman–Crippen LogP) is 5.46. The third kappa shape index (κ3) is 8.64. The van der Waals surface area contributed by atoms with Gasteiger partial charge in [0.2, 0.25) is 5.91 Å². The van der Waals surface area contributed by atoms with Crippen LogP contribution >= 0.6 is 0 Å². The largest absolute Gasteiger partial charge is 0.481 e. The maximum absolute atomic E-state index is 14.8. The Kier molecular flexibility index (Phi) is 11.5. The lowest BCUT2D eigenvalue weighted by molar-refractivity contribution is -0.137. The first kappa shape index (κ1) is 31.2. The zero-order valence-electron chi connectivity index (χ0n) is 24.4. The second-order valence-corrected chi connectivity index (χ2v) is 11.3. The topological polar surface area (TPSA) is 102 Å². The molecule has 9 heteroatoms. The highest BCUT2D eigenvalue weighted by atomic mass is 19.1. The molecule has 2 aromatic rings. The quantitative estimate of drug-likeness (QED) is 0.258. The summed E-state index contributed by atoms with van der Waals surface area (Å²) in [6.07, 6.45) is 9.22. The molecule has 3 N–H and O–H groups in total. The number of piperazine rings is 1. The lowest BCUT2D eigenvalue weighted by Crippen LogP contribution is -2.50. The van der Waals surface area contributed by atoms with Gasteiger partial charge in [0.1, 0.15) is 5.82 Å². The van der Waals surface area contributed by atoms with E-state index in [2.05, 4.69) is 17.4 Å². The number of halogens is 1. The molecule has 1 atom stereocenters. The van der Waals surface area contributed by atoms with Gasteiger partial charge < -0.3 is 20.3 Å². The van der Waals surface area contributed by atoms with Crippen molar-refractivity contribution in [2.45, 2.75) is 76.7 Å². The highest BCUT2D eigenvalue weighted by Crippen LogP contribution is 2.29. The number of unbranched alkanes of at least 4 members (excludes halogenated alkanes) is 7. The Bertz CT molecular complexity index is 1260. The average Bonchev–Trinajstić information content (AvgIpc) is 3.00. The summed E-state index contributed by atoms with van der Waals surface area (Å²) in [4.78, 5) is 40.0. The van der Waals surface area contributed by atoms with Gasteiger partial charge in [-0.1, -0.05) is 75.4 Å². The molecular formula is C33H43FN4O4. The maximum Gasteiger partial charge on any atom is 0.303 e. The Labute approximate surface area is 247 Å². The monoisotopic (exact) mass is 578 g/mol. The summed E-state index contributed by atoms with van der Waals surface area (Å²) in [6, 6.07) is 12.7. The zero-order chi connectivity index (χ0) is 29.9. The van der Waals surface area contributed by atoms with Crippen molar-refractivity contribution in [2.75, 3.05) is 26.2 Å². The fourth-order valence-corrected chi connectivity index (χ4v) is 5.76. The van der Waals surface area contributed by atoms with E-state index in [0.717, 1.165) is 73.8 Å². The number of amides is 2. The molecule has 0 radical (unpaired) electrons. The van der Waals surface area contributed by atoms with Gasteiger partial charge in [-0.05, 0) is 42.5 Å². The standard InChI is InChI=1S/C33H43FN4O4/c1-24-26-12-10-11-13-27(26)30(36-35-24)23-25-16-17-29(34)28(22-25)33(42)38-20-18-37(19-21-38)31(39)14-8-6-4-2-3-5-7-9-15-32(40)41/h10-13,16-17,22,30,35-36H,1-9,14-15,18-21,23H2,(H,40,41). The number of nitrogens with zero attached hydrogens (tertiary/aromatic N) is 2. The number of hydrogen-bond donors (Lipinski definition) is 3. The molecule has 0 aliphatic carbocycles. The van der Waals surface area contributed by atoms with Crippen LogP contribution in [-0.2, 0) is 16.0 Å². The maximum atomic E-state index is 14.8. The first-order valence-corrected chi connectivity index (χ1v) is 15.2. The van der Waals surface area contributed by atoms with Crippen molar-refractivity contribution >= 4 is 23.5 Å². The van der Waals surface area contributed by atoms with Crippen LogP contribution in [0.4, 0.5) is 4.39 Å². The molecule has 2 aromatic carbocycles. The number of hydrogen-bond acceptors (Lipinski definition) is 5. The zero-order valence-corrected chi connectivity index (χ0v) is 24.4. The minimum Gasteiger partial charge on any atom is -0.481 e. The van der Waals surface area contributed by atoms with Crippen LogP contribution in [-0.4, -0.2) is 58.9 Å². The first-order chi connectivity index (χ1) is 20.3. The second kappa shape index (κ2) is 15.5. The fraction of sp³-hybridized carbons (Fsp3) is 0.485. The highest BCUT2D eigenvalue weighted by molar-refractivity contribution is 5.95. The number of hydrazine groups is 1. The Morgan fingerprint density at radius 1 is 0.857 bits per heavy atom. The van der Waals surface area contributed by atoms with Gasteiger partial charge in [0.15, 0.2) is 0 Å². The van der Waals surface area contributed by atoms with Gasteiger partial charge in [0.25, 0.3) is 5.91 Å². The van der Waals surface area contributed by atoms with E-state index in [9.17, 15) is 18.8 Å². The molecule has 4 rings (SSSR count). The number of nitrogens with one attached hydrogen (secondary N) is 2. The molecule has 0 saturated carbocycles. The van der Waals surface area contributed by atoms with Crippen molar-refractivity contribution in [1.82, 2.24) is 20.7 Å². The molecule has 2 heterocycles. The summed E-state index contributed by atoms with van der Waals surface area (Å²) in [5, 5.41) is 8.66. The molecule has 226 valence electrons. The minimum atomic E-state index is -0.730. The van der Waals surface area contributed by atoms with Crippen LogP contribution in [0.25, 0.3) is 5.70 Å². The van der Waals surface area contributed by atoms with Crippen LogP contribution in [0.5, 0.6) is 0 Å². The van der Waals surface area contributed by atoms with Crippen molar-refractivity contribution in [2.24, 2.45) is 0 Å². The van der Waals surface area contributed by atoms with Crippen LogP contribution in [0.2, 0.25) is 0 Å². The number of fused-ring (bicyclic) bond motifs is 1. The van der Waals surface area contributed by atoms with E-state index in [1.807, 2.05) is 29.2 Å². The number of carboxylic acids is 1. The molecule has 1 fully saturated rings. The van der Waals surface area contributed by atoms with Crippen molar-refractivity contribution < 1.29 is 23.9 Å². The summed E-state index contributed by atoms with van der Waals surface area (Å²) in [5.41, 5.74) is 10.2. The van der Waals surface area contributed by atoms with Gasteiger partial charge in [-0.15, -0.1) is 0 Å². The second-order valence-electron chi connectivity index (χ2n) is 11.3. The van der Waals surface area contributed by atoms with Crippen LogP contribution in [0.1, 0.15) is 97.3 Å². The summed E-state index contributed by atoms with van der Waals surface area (Å²) < 4.78 is 14.8. The molecule has 2 aliphatic heterocycles. The fourth-order valence-electron chi connectivity index (χ4n) is 5.76. The lowest BCUT2D eigenvalue weighted by atomic mass is 9.92. The van der Waals surface area contributed by atoms with Crippen LogP contribution in [0.15, 0.2) is 49.0 Å². The minimum absolute atomic E-state index is 0.0508. The molecule has 0 aromatic heterocycles. The molecule has 0 spiro atoms. The smallest absolute Gasteiger partial charge is 0.303 e. The third-order valence-electron chi connectivity index (χ3n) is 8.21. The third-order valence-corrected chi connectivity index (χ3v) is 8.21. The van der Waals surface area contributed by atoms with E-state index in [0.29, 0.717) is 39.0 Å². The van der Waals surface area contributed by atoms with Crippen molar-refractivity contribution in [3.05, 3.63) is 77.1 Å². The molecule has 2 amide bonds. The van der Waals surface area contributed by atoms with E-state index < -0.39 is 11.8 Å². The van der Waals surface area contributed by atoms with Crippen LogP contribution < -0.4 is 10.9 Å². The summed E-state index contributed by atoms with van der Waals surface area (Å²) in [7, 11) is 0. The van der Waals surface area contributed by atoms with Crippen molar-refractivity contribution in [1.29, 1.82) is 0 Å². The predicted molar refractivity (Wildman–Crippen MR) is 161 cm³/mol. The van der Waals surface area contributed by atoms with E-state index in [-0.39, 0.29) is 29.8 Å². The Morgan fingerprint density at radius 2 is 1.48 bits per heavy atom. The van der Waals surface area contributed by atoms with E-state index in [1.54, 1.807) is 17.0 Å². The number of benzene rings is 2. The van der Waals surface area contributed by atoms with Crippen LogP contribution in [0.3, 0.4) is 0 Å². The number of carboxylic acid groups (broad SMARTS) is 1. The number of carbonyl (C=O) groups is 3. The molecule has 1 unspecified atom stereocenters.